The fourth-order valence-electron chi connectivity index (χ4n) is 3.51. The van der Waals surface area contributed by atoms with Gasteiger partial charge in [0.2, 0.25) is 0 Å². The highest BCUT2D eigenvalue weighted by Gasteiger charge is 2.16. The minimum Gasteiger partial charge on any atom is -0.307 e. The van der Waals surface area contributed by atoms with Crippen molar-refractivity contribution in [1.29, 1.82) is 0 Å². The monoisotopic (exact) mass is 314 g/mol. The van der Waals surface area contributed by atoms with E-state index < -0.39 is 0 Å². The Morgan fingerprint density at radius 3 is 2.70 bits per heavy atom. The second kappa shape index (κ2) is 6.52. The van der Waals surface area contributed by atoms with Crippen molar-refractivity contribution >= 4 is 16.7 Å². The molecule has 0 radical (unpaired) electrons. The zero-order chi connectivity index (χ0) is 16.4. The molecule has 0 spiro atoms. The van der Waals surface area contributed by atoms with E-state index in [2.05, 4.69) is 4.98 Å². The first-order valence-corrected chi connectivity index (χ1v) is 8.30. The van der Waals surface area contributed by atoms with Crippen molar-refractivity contribution in [3.05, 3.63) is 44.6 Å². The molecule has 1 aromatic heterocycles. The van der Waals surface area contributed by atoms with Crippen LogP contribution >= 0.6 is 0 Å². The minimum absolute atomic E-state index is 0.0512. The molecule has 1 aliphatic rings. The lowest BCUT2D eigenvalue weighted by atomic mass is 10.0. The van der Waals surface area contributed by atoms with Crippen molar-refractivity contribution in [1.82, 2.24) is 9.55 Å². The van der Waals surface area contributed by atoms with Gasteiger partial charge in [0.05, 0.1) is 10.9 Å². The molecule has 1 heterocycles. The molecular weight excluding hydrogens is 292 g/mol. The van der Waals surface area contributed by atoms with Gasteiger partial charge in [-0.2, -0.15) is 0 Å². The maximum Gasteiger partial charge on any atom is 0.328 e. The van der Waals surface area contributed by atoms with Gasteiger partial charge in [-0.15, -0.1) is 0 Å². The summed E-state index contributed by atoms with van der Waals surface area (Å²) in [6.45, 7) is 1.99. The molecule has 1 aliphatic carbocycles. The van der Waals surface area contributed by atoms with E-state index >= 15 is 0 Å². The maximum atomic E-state index is 12.7. The molecule has 5 heteroatoms. The Balaban J connectivity index is 1.95. The summed E-state index contributed by atoms with van der Waals surface area (Å²) in [4.78, 5) is 38.9. The SMILES string of the molecule is CC(=O)Cc1ccc2[nH]c(=O)n(CCC3CCCC3)c(=O)c2c1. The van der Waals surface area contributed by atoms with Crippen molar-refractivity contribution in [2.45, 2.75) is 52.0 Å². The van der Waals surface area contributed by atoms with E-state index in [1.807, 2.05) is 0 Å². The average Bonchev–Trinajstić information content (AvgIpc) is 3.00. The quantitative estimate of drug-likeness (QED) is 0.921. The lowest BCUT2D eigenvalue weighted by Crippen LogP contribution is -2.35. The topological polar surface area (TPSA) is 71.9 Å². The average molecular weight is 314 g/mol. The first-order valence-electron chi connectivity index (χ1n) is 8.30. The molecule has 3 rings (SSSR count). The van der Waals surface area contributed by atoms with Crippen molar-refractivity contribution < 1.29 is 4.79 Å². The summed E-state index contributed by atoms with van der Waals surface area (Å²) in [6.07, 6.45) is 6.08. The molecule has 1 fully saturated rings. The Hall–Kier alpha value is -2.17. The third-order valence-electron chi connectivity index (χ3n) is 4.74. The predicted octanol–water partition coefficient (Wildman–Crippen LogP) is 2.40. The first-order chi connectivity index (χ1) is 11.0. The largest absolute Gasteiger partial charge is 0.328 e. The molecule has 23 heavy (non-hydrogen) atoms. The number of aromatic amines is 1. The van der Waals surface area contributed by atoms with E-state index in [1.54, 1.807) is 18.2 Å². The van der Waals surface area contributed by atoms with Gasteiger partial charge in [-0.25, -0.2) is 4.79 Å². The van der Waals surface area contributed by atoms with E-state index in [1.165, 1.54) is 37.2 Å². The number of carbonyl (C=O) groups is 1. The summed E-state index contributed by atoms with van der Waals surface area (Å²) in [5.74, 6) is 0.677. The number of nitrogens with zero attached hydrogens (tertiary/aromatic N) is 1. The molecule has 122 valence electrons. The molecule has 0 atom stereocenters. The number of hydrogen-bond donors (Lipinski definition) is 1. The van der Waals surface area contributed by atoms with Crippen LogP contribution in [0.15, 0.2) is 27.8 Å². The van der Waals surface area contributed by atoms with Gasteiger partial charge in [-0.1, -0.05) is 31.7 Å². The number of H-pyrrole nitrogens is 1. The molecule has 1 aromatic carbocycles. The lowest BCUT2D eigenvalue weighted by Gasteiger charge is -2.11. The first kappa shape index (κ1) is 15.7. The minimum atomic E-state index is -0.347. The molecule has 0 aliphatic heterocycles. The fourth-order valence-corrected chi connectivity index (χ4v) is 3.51. The summed E-state index contributed by atoms with van der Waals surface area (Å²) < 4.78 is 1.30. The second-order valence-electron chi connectivity index (χ2n) is 6.58. The third-order valence-corrected chi connectivity index (χ3v) is 4.74. The van der Waals surface area contributed by atoms with E-state index in [0.717, 1.165) is 12.0 Å². The fraction of sp³-hybridized carbons (Fsp3) is 0.500. The second-order valence-corrected chi connectivity index (χ2v) is 6.58. The van der Waals surface area contributed by atoms with E-state index in [0.29, 0.717) is 29.8 Å². The Kier molecular flexibility index (Phi) is 4.46. The highest BCUT2D eigenvalue weighted by Crippen LogP contribution is 2.27. The molecule has 0 amide bonds. The molecule has 0 unspecified atom stereocenters. The number of hydrogen-bond acceptors (Lipinski definition) is 3. The van der Waals surface area contributed by atoms with Crippen molar-refractivity contribution in [3.63, 3.8) is 0 Å². The molecular formula is C18H22N2O3. The van der Waals surface area contributed by atoms with Gasteiger partial charge in [-0.3, -0.25) is 14.2 Å². The zero-order valence-electron chi connectivity index (χ0n) is 13.4. The van der Waals surface area contributed by atoms with Crippen LogP contribution in [0, 0.1) is 5.92 Å². The summed E-state index contributed by atoms with van der Waals surface area (Å²) in [6, 6.07) is 5.21. The molecule has 1 saturated carbocycles. The van der Waals surface area contributed by atoms with Gasteiger partial charge in [0.1, 0.15) is 5.78 Å². The van der Waals surface area contributed by atoms with Crippen LogP contribution in [0.25, 0.3) is 10.9 Å². The number of fused-ring (bicyclic) bond motifs is 1. The van der Waals surface area contributed by atoms with Crippen LogP contribution in [0.3, 0.4) is 0 Å². The van der Waals surface area contributed by atoms with E-state index in [-0.39, 0.29) is 17.0 Å². The summed E-state index contributed by atoms with van der Waals surface area (Å²) in [5.41, 5.74) is 0.730. The number of Topliss-reactive ketones (excluding diaryl/α,β-unsaturated/α-hetero) is 1. The Morgan fingerprint density at radius 2 is 2.00 bits per heavy atom. The summed E-state index contributed by atoms with van der Waals surface area (Å²) in [7, 11) is 0. The van der Waals surface area contributed by atoms with Crippen molar-refractivity contribution in [3.8, 4) is 0 Å². The highest BCUT2D eigenvalue weighted by molar-refractivity contribution is 5.82. The number of rotatable bonds is 5. The number of ketones is 1. The van der Waals surface area contributed by atoms with Crippen molar-refractivity contribution in [2.24, 2.45) is 5.92 Å². The van der Waals surface area contributed by atoms with Gasteiger partial charge >= 0.3 is 5.69 Å². The van der Waals surface area contributed by atoms with Gasteiger partial charge in [0, 0.05) is 13.0 Å². The van der Waals surface area contributed by atoms with Crippen LogP contribution in [-0.2, 0) is 17.8 Å². The van der Waals surface area contributed by atoms with Gasteiger partial charge in [-0.05, 0) is 37.0 Å². The van der Waals surface area contributed by atoms with Crippen LogP contribution in [0.5, 0.6) is 0 Å². The number of aromatic nitrogens is 2. The van der Waals surface area contributed by atoms with Crippen molar-refractivity contribution in [2.75, 3.05) is 0 Å². The molecule has 0 saturated heterocycles. The lowest BCUT2D eigenvalue weighted by molar-refractivity contribution is -0.116. The Morgan fingerprint density at radius 1 is 1.26 bits per heavy atom. The summed E-state index contributed by atoms with van der Waals surface area (Å²) in [5, 5.41) is 0.481. The number of carbonyl (C=O) groups excluding carboxylic acids is 1. The van der Waals surface area contributed by atoms with Crippen LogP contribution in [0.4, 0.5) is 0 Å². The van der Waals surface area contributed by atoms with Gasteiger partial charge in [0.25, 0.3) is 5.56 Å². The normalized spacial score (nSPS) is 15.3. The summed E-state index contributed by atoms with van der Waals surface area (Å²) >= 11 is 0. The van der Waals surface area contributed by atoms with E-state index in [4.69, 9.17) is 0 Å². The smallest absolute Gasteiger partial charge is 0.307 e. The zero-order valence-corrected chi connectivity index (χ0v) is 13.4. The third kappa shape index (κ3) is 3.44. The maximum absolute atomic E-state index is 12.7. The number of benzene rings is 1. The van der Waals surface area contributed by atoms with Crippen LogP contribution in [0.2, 0.25) is 0 Å². The van der Waals surface area contributed by atoms with Gasteiger partial charge in [0.15, 0.2) is 0 Å². The Bertz CT molecular complexity index is 841. The standard InChI is InChI=1S/C18H22N2O3/c1-12(21)10-14-6-7-16-15(11-14)17(22)20(18(23)19-16)9-8-13-4-2-3-5-13/h6-7,11,13H,2-5,8-10H2,1H3,(H,19,23). The molecule has 2 aromatic rings. The number of nitrogens with one attached hydrogen (secondary N) is 1. The molecule has 0 bridgehead atoms. The Labute approximate surface area is 134 Å². The predicted molar refractivity (Wildman–Crippen MR) is 89.8 cm³/mol. The molecule has 5 nitrogen and oxygen atoms in total. The highest BCUT2D eigenvalue weighted by atomic mass is 16.2. The van der Waals surface area contributed by atoms with Gasteiger partial charge < -0.3 is 4.98 Å². The van der Waals surface area contributed by atoms with Crippen LogP contribution < -0.4 is 11.2 Å². The molecule has 1 N–H and O–H groups in total. The van der Waals surface area contributed by atoms with Crippen LogP contribution in [-0.4, -0.2) is 15.3 Å². The van der Waals surface area contributed by atoms with E-state index in [9.17, 15) is 14.4 Å². The van der Waals surface area contributed by atoms with Crippen LogP contribution in [0.1, 0.15) is 44.6 Å².